The molecule has 1 amide bonds. The number of hydrogen-bond acceptors (Lipinski definition) is 4. The van der Waals surface area contributed by atoms with E-state index in [1.165, 1.54) is 4.79 Å². The van der Waals surface area contributed by atoms with Crippen molar-refractivity contribution in [2.45, 2.75) is 30.8 Å². The second-order valence-corrected chi connectivity index (χ2v) is 6.62. The average Bonchev–Trinajstić information content (AvgIpc) is 2.86. The summed E-state index contributed by atoms with van der Waals surface area (Å²) < 4.78 is 5.63. The van der Waals surface area contributed by atoms with Gasteiger partial charge in [0.05, 0.1) is 22.6 Å². The molecule has 0 radical (unpaired) electrons. The summed E-state index contributed by atoms with van der Waals surface area (Å²) in [6, 6.07) is 3.27. The molecule has 2 N–H and O–H groups in total. The molecule has 1 aliphatic heterocycles. The molecule has 2 aromatic rings. The fraction of sp³-hybridized carbons (Fsp3) is 0.429. The molecule has 22 heavy (non-hydrogen) atoms. The van der Waals surface area contributed by atoms with Gasteiger partial charge in [-0.3, -0.25) is 0 Å². The number of aromatic nitrogens is 2. The Balaban J connectivity index is 2.28. The van der Waals surface area contributed by atoms with Crippen LogP contribution in [0.4, 0.5) is 4.79 Å². The third kappa shape index (κ3) is 2.22. The zero-order valence-corrected chi connectivity index (χ0v) is 13.7. The first kappa shape index (κ1) is 15.1. The number of nitrogens with zero attached hydrogens (tertiary/aromatic N) is 3. The number of benzene rings is 1. The van der Waals surface area contributed by atoms with E-state index in [1.54, 1.807) is 32.2 Å². The molecule has 2 unspecified atom stereocenters. The molecule has 2 heterocycles. The van der Waals surface area contributed by atoms with Gasteiger partial charge in [0.25, 0.3) is 0 Å². The van der Waals surface area contributed by atoms with Crippen LogP contribution in [0, 0.1) is 0 Å². The summed E-state index contributed by atoms with van der Waals surface area (Å²) in [7, 11) is 0. The first-order valence-electron chi connectivity index (χ1n) is 6.89. The molecule has 0 fully saturated rings. The van der Waals surface area contributed by atoms with Gasteiger partial charge in [0.2, 0.25) is 0 Å². The molecule has 0 aliphatic carbocycles. The van der Waals surface area contributed by atoms with E-state index in [0.29, 0.717) is 23.4 Å². The van der Waals surface area contributed by atoms with Crippen LogP contribution in [0.5, 0.6) is 5.75 Å². The highest BCUT2D eigenvalue weighted by Gasteiger charge is 2.32. The van der Waals surface area contributed by atoms with Crippen molar-refractivity contribution in [1.82, 2.24) is 9.89 Å². The van der Waals surface area contributed by atoms with Crippen LogP contribution in [0.15, 0.2) is 18.3 Å². The highest BCUT2D eigenvalue weighted by molar-refractivity contribution is 9.09. The molecule has 118 valence electrons. The van der Waals surface area contributed by atoms with Gasteiger partial charge >= 0.3 is 6.09 Å². The minimum atomic E-state index is -1.11. The molecule has 3 rings (SSSR count). The van der Waals surface area contributed by atoms with Crippen LogP contribution in [0.1, 0.15) is 25.5 Å². The van der Waals surface area contributed by atoms with Crippen LogP contribution < -0.4 is 9.75 Å². The molecule has 1 aromatic heterocycles. The summed E-state index contributed by atoms with van der Waals surface area (Å²) in [6.45, 7) is 3.87. The SMILES string of the molecule is CC(C)N(C(=O)O)n1ncc2ccc3c(c21)C(O)C(Br)CO3. The number of rotatable bonds is 2. The maximum absolute atomic E-state index is 11.6. The summed E-state index contributed by atoms with van der Waals surface area (Å²) >= 11 is 3.38. The molecule has 0 saturated heterocycles. The Kier molecular flexibility index (Phi) is 3.73. The number of aliphatic hydroxyl groups excluding tert-OH is 1. The molecule has 2 atom stereocenters. The lowest BCUT2D eigenvalue weighted by Crippen LogP contribution is -2.45. The largest absolute Gasteiger partial charge is 0.492 e. The van der Waals surface area contributed by atoms with E-state index in [9.17, 15) is 15.0 Å². The van der Waals surface area contributed by atoms with E-state index in [1.807, 2.05) is 0 Å². The standard InChI is InChI=1S/C14H16BrN3O4/c1-7(2)17(14(20)21)18-12-8(5-16-18)3-4-10-11(12)13(19)9(15)6-22-10/h3-5,7,9,13,19H,6H2,1-2H3,(H,20,21). The minimum absolute atomic E-state index is 0.258. The van der Waals surface area contributed by atoms with Crippen molar-refractivity contribution in [1.29, 1.82) is 0 Å². The van der Waals surface area contributed by atoms with Crippen molar-refractivity contribution in [3.63, 3.8) is 0 Å². The van der Waals surface area contributed by atoms with E-state index >= 15 is 0 Å². The minimum Gasteiger partial charge on any atom is -0.492 e. The monoisotopic (exact) mass is 369 g/mol. The smallest absolute Gasteiger partial charge is 0.428 e. The van der Waals surface area contributed by atoms with Gasteiger partial charge in [-0.1, -0.05) is 15.9 Å². The number of fused-ring (bicyclic) bond motifs is 3. The Bertz CT molecular complexity index is 730. The van der Waals surface area contributed by atoms with E-state index in [0.717, 1.165) is 10.4 Å². The molecule has 8 heteroatoms. The Morgan fingerprint density at radius 3 is 2.91 bits per heavy atom. The summed E-state index contributed by atoms with van der Waals surface area (Å²) in [5.41, 5.74) is 1.10. The van der Waals surface area contributed by atoms with Crippen LogP contribution in [-0.4, -0.2) is 43.7 Å². The van der Waals surface area contributed by atoms with Crippen LogP contribution in [-0.2, 0) is 0 Å². The predicted octanol–water partition coefficient (Wildman–Crippen LogP) is 2.25. The van der Waals surface area contributed by atoms with E-state index in [4.69, 9.17) is 4.74 Å². The summed E-state index contributed by atoms with van der Waals surface area (Å²) in [4.78, 5) is 12.6. The summed E-state index contributed by atoms with van der Waals surface area (Å²) in [5, 5.41) is 26.0. The highest BCUT2D eigenvalue weighted by Crippen LogP contribution is 2.40. The Labute approximate surface area is 135 Å². The molecular formula is C14H16BrN3O4. The topological polar surface area (TPSA) is 87.8 Å². The molecule has 1 aromatic carbocycles. The quantitative estimate of drug-likeness (QED) is 0.792. The molecular weight excluding hydrogens is 354 g/mol. The van der Waals surface area contributed by atoms with Crippen molar-refractivity contribution in [3.8, 4) is 5.75 Å². The molecule has 1 aliphatic rings. The average molecular weight is 370 g/mol. The Hall–Kier alpha value is -1.80. The zero-order valence-electron chi connectivity index (χ0n) is 12.1. The number of amides is 1. The number of ether oxygens (including phenoxy) is 1. The van der Waals surface area contributed by atoms with Gasteiger partial charge in [-0.25, -0.2) is 4.79 Å². The Morgan fingerprint density at radius 2 is 2.27 bits per heavy atom. The lowest BCUT2D eigenvalue weighted by atomic mass is 10.0. The first-order valence-corrected chi connectivity index (χ1v) is 7.81. The molecule has 7 nitrogen and oxygen atoms in total. The van der Waals surface area contributed by atoms with Gasteiger partial charge in [-0.2, -0.15) is 14.9 Å². The van der Waals surface area contributed by atoms with Crippen molar-refractivity contribution < 1.29 is 19.7 Å². The van der Waals surface area contributed by atoms with Crippen LogP contribution in [0.2, 0.25) is 0 Å². The summed E-state index contributed by atoms with van der Waals surface area (Å²) in [5.74, 6) is 0.548. The number of aliphatic hydroxyl groups is 1. The number of carboxylic acid groups (broad SMARTS) is 1. The number of carbonyl (C=O) groups is 1. The van der Waals surface area contributed by atoms with Gasteiger partial charge in [0.1, 0.15) is 24.0 Å². The maximum atomic E-state index is 11.6. The zero-order chi connectivity index (χ0) is 16.0. The fourth-order valence-electron chi connectivity index (χ4n) is 2.65. The molecule has 0 bridgehead atoms. The van der Waals surface area contributed by atoms with Gasteiger partial charge in [0, 0.05) is 5.39 Å². The normalized spacial score (nSPS) is 20.8. The van der Waals surface area contributed by atoms with Crippen molar-refractivity contribution in [2.24, 2.45) is 0 Å². The van der Waals surface area contributed by atoms with Gasteiger partial charge in [-0.05, 0) is 26.0 Å². The highest BCUT2D eigenvalue weighted by atomic mass is 79.9. The third-order valence-corrected chi connectivity index (χ3v) is 4.41. The van der Waals surface area contributed by atoms with Crippen molar-refractivity contribution in [3.05, 3.63) is 23.9 Å². The van der Waals surface area contributed by atoms with Gasteiger partial charge in [0.15, 0.2) is 0 Å². The van der Waals surface area contributed by atoms with Crippen LogP contribution >= 0.6 is 15.9 Å². The second-order valence-electron chi connectivity index (χ2n) is 5.44. The van der Waals surface area contributed by atoms with Crippen molar-refractivity contribution >= 4 is 32.9 Å². The predicted molar refractivity (Wildman–Crippen MR) is 84.3 cm³/mol. The summed E-state index contributed by atoms with van der Waals surface area (Å²) in [6.07, 6.45) is -0.330. The lowest BCUT2D eigenvalue weighted by Gasteiger charge is -2.29. The van der Waals surface area contributed by atoms with Crippen molar-refractivity contribution in [2.75, 3.05) is 11.6 Å². The second kappa shape index (κ2) is 5.44. The van der Waals surface area contributed by atoms with E-state index in [-0.39, 0.29) is 10.9 Å². The number of alkyl halides is 1. The Morgan fingerprint density at radius 1 is 1.55 bits per heavy atom. The van der Waals surface area contributed by atoms with Crippen LogP contribution in [0.25, 0.3) is 10.9 Å². The molecule has 0 spiro atoms. The number of hydrogen-bond donors (Lipinski definition) is 2. The van der Waals surface area contributed by atoms with Crippen LogP contribution in [0.3, 0.4) is 0 Å². The number of halogens is 1. The first-order chi connectivity index (χ1) is 10.4. The van der Waals surface area contributed by atoms with Gasteiger partial charge < -0.3 is 14.9 Å². The molecule has 0 saturated carbocycles. The maximum Gasteiger partial charge on any atom is 0.428 e. The fourth-order valence-corrected chi connectivity index (χ4v) is 3.04. The van der Waals surface area contributed by atoms with E-state index in [2.05, 4.69) is 21.0 Å². The lowest BCUT2D eigenvalue weighted by molar-refractivity contribution is 0.126. The third-order valence-electron chi connectivity index (χ3n) is 3.64. The van der Waals surface area contributed by atoms with Gasteiger partial charge in [-0.15, -0.1) is 0 Å². The van der Waals surface area contributed by atoms with E-state index < -0.39 is 12.2 Å².